The summed E-state index contributed by atoms with van der Waals surface area (Å²) in [5.41, 5.74) is 0. The van der Waals surface area contributed by atoms with E-state index in [4.69, 9.17) is 18.9 Å². The smallest absolute Gasteiger partial charge is 0.361 e. The highest BCUT2D eigenvalue weighted by atomic mass is 16.7. The monoisotopic (exact) mass is 977 g/mol. The third-order valence-corrected chi connectivity index (χ3v) is 11.3. The molecule has 0 aliphatic heterocycles. The maximum atomic E-state index is 12.8. The van der Waals surface area contributed by atoms with Crippen LogP contribution in [-0.4, -0.2) is 87.4 Å². The zero-order valence-electron chi connectivity index (χ0n) is 45.1. The zero-order chi connectivity index (χ0) is 51.3. The molecule has 1 N–H and O–H groups in total. The summed E-state index contributed by atoms with van der Waals surface area (Å²) in [4.78, 5) is 37.3. The Morgan fingerprint density at radius 2 is 0.814 bits per heavy atom. The van der Waals surface area contributed by atoms with Gasteiger partial charge in [-0.25, -0.2) is 4.79 Å². The van der Waals surface area contributed by atoms with E-state index in [-0.39, 0.29) is 32.2 Å². The number of likely N-dealkylation sites (N-methyl/N-ethyl adjacent to an activating group) is 1. The van der Waals surface area contributed by atoms with Crippen molar-refractivity contribution in [1.29, 1.82) is 0 Å². The Morgan fingerprint density at radius 1 is 0.443 bits per heavy atom. The van der Waals surface area contributed by atoms with Crippen molar-refractivity contribution >= 4 is 17.9 Å². The Hall–Kier alpha value is -4.05. The summed E-state index contributed by atoms with van der Waals surface area (Å²) in [6, 6.07) is 0. The van der Waals surface area contributed by atoms with Crippen LogP contribution in [0.5, 0.6) is 0 Å². The lowest BCUT2D eigenvalue weighted by Crippen LogP contribution is -2.40. The number of carbonyl (C=O) groups excluding carboxylic acids is 2. The van der Waals surface area contributed by atoms with Gasteiger partial charge in [-0.3, -0.25) is 9.59 Å². The van der Waals surface area contributed by atoms with Crippen molar-refractivity contribution in [1.82, 2.24) is 0 Å². The Morgan fingerprint density at radius 3 is 1.21 bits per heavy atom. The highest BCUT2D eigenvalue weighted by molar-refractivity contribution is 5.71. The number of esters is 2. The van der Waals surface area contributed by atoms with Gasteiger partial charge < -0.3 is 28.5 Å². The van der Waals surface area contributed by atoms with E-state index in [1.165, 1.54) is 57.8 Å². The number of aliphatic carboxylic acids is 1. The van der Waals surface area contributed by atoms with Gasteiger partial charge in [0, 0.05) is 12.8 Å². The molecule has 0 aromatic rings. The van der Waals surface area contributed by atoms with Crippen molar-refractivity contribution in [2.75, 3.05) is 47.5 Å². The number of hydrogen-bond donors (Lipinski definition) is 1. The van der Waals surface area contributed by atoms with Crippen molar-refractivity contribution in [2.45, 2.75) is 212 Å². The largest absolute Gasteiger partial charge is 0.477 e. The molecular weight excluding hydrogens is 875 g/mol. The average Bonchev–Trinajstić information content (AvgIpc) is 3.33. The minimum absolute atomic E-state index is 0.179. The lowest BCUT2D eigenvalue weighted by Gasteiger charge is -2.25. The van der Waals surface area contributed by atoms with Crippen molar-refractivity contribution < 1.29 is 42.9 Å². The lowest BCUT2D eigenvalue weighted by atomic mass is 10.0. The van der Waals surface area contributed by atoms with Crippen LogP contribution in [-0.2, 0) is 33.3 Å². The molecule has 0 aromatic carbocycles. The summed E-state index contributed by atoms with van der Waals surface area (Å²) in [5, 5.41) is 9.67. The van der Waals surface area contributed by atoms with Crippen LogP contribution < -0.4 is 0 Å². The Bertz CT molecular complexity index is 1510. The minimum Gasteiger partial charge on any atom is -0.477 e. The van der Waals surface area contributed by atoms with Crippen LogP contribution in [0.15, 0.2) is 109 Å². The molecule has 70 heavy (non-hydrogen) atoms. The number of carboxylic acids is 1. The Kier molecular flexibility index (Phi) is 48.3. The molecule has 2 atom stereocenters. The molecule has 0 aromatic heterocycles. The Balaban J connectivity index is 4.29. The lowest BCUT2D eigenvalue weighted by molar-refractivity contribution is -0.870. The predicted octanol–water partition coefficient (Wildman–Crippen LogP) is 15.9. The van der Waals surface area contributed by atoms with E-state index < -0.39 is 24.3 Å². The number of allylic oxidation sites excluding steroid dienone is 18. The number of carboxylic acid groups (broad SMARTS) is 1. The molecule has 0 radical (unpaired) electrons. The number of hydrogen-bond acceptors (Lipinski definition) is 7. The zero-order valence-corrected chi connectivity index (χ0v) is 45.1. The number of carbonyl (C=O) groups is 3. The van der Waals surface area contributed by atoms with E-state index in [1.54, 1.807) is 0 Å². The van der Waals surface area contributed by atoms with Gasteiger partial charge in [-0.15, -0.1) is 0 Å². The van der Waals surface area contributed by atoms with E-state index in [2.05, 4.69) is 123 Å². The van der Waals surface area contributed by atoms with Gasteiger partial charge in [-0.1, -0.05) is 213 Å². The SMILES string of the molecule is CC/C=C\C/C=C\C/C=C\C/C=C\C/C=C\C/C=C\C/C=C\C/C=C\C/C=C\CCCCCCCC(=O)OC(COC(=O)CCCCCCCCCCCCCC)COC(OCC[N+](C)(C)C)C(=O)O. The van der Waals surface area contributed by atoms with E-state index in [1.807, 2.05) is 21.1 Å². The molecule has 0 spiro atoms. The molecule has 398 valence electrons. The fourth-order valence-corrected chi connectivity index (χ4v) is 7.06. The number of nitrogens with zero attached hydrogens (tertiary/aromatic N) is 1. The maximum absolute atomic E-state index is 12.8. The average molecular weight is 977 g/mol. The van der Waals surface area contributed by atoms with Crippen molar-refractivity contribution in [2.24, 2.45) is 0 Å². The molecule has 2 unspecified atom stereocenters. The molecule has 0 saturated heterocycles. The minimum atomic E-state index is -1.52. The first-order valence-corrected chi connectivity index (χ1v) is 27.6. The number of quaternary nitrogens is 1. The van der Waals surface area contributed by atoms with Crippen molar-refractivity contribution in [3.8, 4) is 0 Å². The molecule has 0 fully saturated rings. The number of unbranched alkanes of at least 4 members (excludes halogenated alkanes) is 16. The first kappa shape index (κ1) is 66.0. The second-order valence-electron chi connectivity index (χ2n) is 19.2. The first-order valence-electron chi connectivity index (χ1n) is 27.6. The third-order valence-electron chi connectivity index (χ3n) is 11.3. The Labute approximate surface area is 428 Å². The van der Waals surface area contributed by atoms with Gasteiger partial charge in [0.1, 0.15) is 13.2 Å². The summed E-state index contributed by atoms with van der Waals surface area (Å²) in [6.07, 6.45) is 67.3. The summed E-state index contributed by atoms with van der Waals surface area (Å²) in [7, 11) is 5.95. The highest BCUT2D eigenvalue weighted by Crippen LogP contribution is 2.14. The van der Waals surface area contributed by atoms with E-state index in [9.17, 15) is 19.5 Å². The van der Waals surface area contributed by atoms with Crippen LogP contribution in [0.3, 0.4) is 0 Å². The molecule has 0 aliphatic carbocycles. The standard InChI is InChI=1S/C61H101NO8/c1-6-8-10-12-14-16-18-20-21-22-23-24-25-26-27-28-29-30-31-32-33-34-35-36-37-38-39-40-42-44-46-48-50-52-59(64)70-57(56-69-61(60(65)66)67-54-53-62(3,4)5)55-68-58(63)51-49-47-45-43-41-19-17-15-13-11-9-7-2/h8,10,14,16,20-21,23-24,26-27,29-30,32-33,35-36,38-39,57,61H,6-7,9,11-13,15,17-19,22,25,28,31,34,37,40-56H2,1-5H3/p+1/b10-8-,16-14-,21-20-,24-23-,27-26-,30-29-,33-32-,36-35-,39-38-. The molecule has 0 saturated carbocycles. The van der Waals surface area contributed by atoms with Crippen LogP contribution in [0.4, 0.5) is 0 Å². The third kappa shape index (κ3) is 51.8. The maximum Gasteiger partial charge on any atom is 0.361 e. The van der Waals surface area contributed by atoms with Crippen LogP contribution in [0, 0.1) is 0 Å². The molecule has 0 amide bonds. The molecule has 9 nitrogen and oxygen atoms in total. The summed E-state index contributed by atoms with van der Waals surface area (Å²) >= 11 is 0. The summed E-state index contributed by atoms with van der Waals surface area (Å²) < 4.78 is 22.8. The molecular formula is C61H102NO8+. The second kappa shape index (κ2) is 51.3. The highest BCUT2D eigenvalue weighted by Gasteiger charge is 2.25. The number of ether oxygens (including phenoxy) is 4. The summed E-state index contributed by atoms with van der Waals surface area (Å²) in [5.74, 6) is -2.04. The summed E-state index contributed by atoms with van der Waals surface area (Å²) in [6.45, 7) is 4.71. The van der Waals surface area contributed by atoms with Crippen LogP contribution >= 0.6 is 0 Å². The fraction of sp³-hybridized carbons (Fsp3) is 0.656. The number of rotatable bonds is 49. The molecule has 9 heteroatoms. The van der Waals surface area contributed by atoms with Gasteiger partial charge in [0.25, 0.3) is 6.29 Å². The van der Waals surface area contributed by atoms with E-state index in [0.29, 0.717) is 23.9 Å². The van der Waals surface area contributed by atoms with Crippen molar-refractivity contribution in [3.05, 3.63) is 109 Å². The van der Waals surface area contributed by atoms with Gasteiger partial charge in [0.05, 0.1) is 34.4 Å². The first-order chi connectivity index (χ1) is 34.1. The molecule has 0 heterocycles. The fourth-order valence-electron chi connectivity index (χ4n) is 7.06. The molecule has 0 aliphatic rings. The molecule has 0 rings (SSSR count). The van der Waals surface area contributed by atoms with Crippen molar-refractivity contribution in [3.63, 3.8) is 0 Å². The van der Waals surface area contributed by atoms with Gasteiger partial charge >= 0.3 is 17.9 Å². The van der Waals surface area contributed by atoms with Gasteiger partial charge in [-0.2, -0.15) is 0 Å². The predicted molar refractivity (Wildman–Crippen MR) is 295 cm³/mol. The second-order valence-corrected chi connectivity index (χ2v) is 19.2. The van der Waals surface area contributed by atoms with Gasteiger partial charge in [0.2, 0.25) is 0 Å². The topological polar surface area (TPSA) is 108 Å². The molecule has 0 bridgehead atoms. The van der Waals surface area contributed by atoms with E-state index in [0.717, 1.165) is 109 Å². The normalized spacial score (nSPS) is 13.7. The van der Waals surface area contributed by atoms with Gasteiger partial charge in [0.15, 0.2) is 6.10 Å². The van der Waals surface area contributed by atoms with Gasteiger partial charge in [-0.05, 0) is 83.5 Å². The quantitative estimate of drug-likeness (QED) is 0.0211. The van der Waals surface area contributed by atoms with E-state index >= 15 is 0 Å². The van der Waals surface area contributed by atoms with Crippen LogP contribution in [0.1, 0.15) is 200 Å². The van der Waals surface area contributed by atoms with Crippen LogP contribution in [0.25, 0.3) is 0 Å². The van der Waals surface area contributed by atoms with Crippen LogP contribution in [0.2, 0.25) is 0 Å².